The van der Waals surface area contributed by atoms with Crippen molar-refractivity contribution >= 4 is 23.2 Å². The lowest BCUT2D eigenvalue weighted by Crippen LogP contribution is -2.16. The summed E-state index contributed by atoms with van der Waals surface area (Å²) < 4.78 is 11.2. The average molecular weight is 396 g/mol. The number of ether oxygens (including phenoxy) is 2. The number of benzene rings is 1. The fourth-order valence-corrected chi connectivity index (χ4v) is 3.26. The fourth-order valence-electron chi connectivity index (χ4n) is 3.14. The number of rotatable bonds is 6. The van der Waals surface area contributed by atoms with E-state index in [0.717, 1.165) is 16.9 Å². The SMILES string of the molecule is COc1cc(C(=O)C2CNc3ncccc32)ncc1OCc1ccc(Cl)cc1. The zero-order valence-corrected chi connectivity index (χ0v) is 15.9. The molecule has 0 saturated carbocycles. The standard InChI is InChI=1S/C21H18ClN3O3/c1-27-18-9-17(20(26)16-10-25-21-15(16)3-2-8-23-21)24-11-19(18)28-12-13-4-6-14(22)7-5-13/h2-9,11,16H,10,12H2,1H3,(H,23,25). The van der Waals surface area contributed by atoms with Gasteiger partial charge in [0.15, 0.2) is 17.3 Å². The minimum Gasteiger partial charge on any atom is -0.493 e. The zero-order valence-electron chi connectivity index (χ0n) is 15.2. The van der Waals surface area contributed by atoms with Gasteiger partial charge >= 0.3 is 0 Å². The number of aromatic nitrogens is 2. The van der Waals surface area contributed by atoms with Crippen molar-refractivity contribution in [2.24, 2.45) is 0 Å². The second kappa shape index (κ2) is 7.86. The van der Waals surface area contributed by atoms with E-state index in [1.54, 1.807) is 24.4 Å². The number of fused-ring (bicyclic) bond motifs is 1. The smallest absolute Gasteiger partial charge is 0.190 e. The van der Waals surface area contributed by atoms with E-state index >= 15 is 0 Å². The summed E-state index contributed by atoms with van der Waals surface area (Å²) >= 11 is 5.90. The summed E-state index contributed by atoms with van der Waals surface area (Å²) in [5.41, 5.74) is 2.18. The van der Waals surface area contributed by atoms with E-state index in [2.05, 4.69) is 15.3 Å². The topological polar surface area (TPSA) is 73.3 Å². The number of carbonyl (C=O) groups is 1. The van der Waals surface area contributed by atoms with Crippen LogP contribution in [0.3, 0.4) is 0 Å². The molecule has 0 fully saturated rings. The van der Waals surface area contributed by atoms with Crippen LogP contribution < -0.4 is 14.8 Å². The van der Waals surface area contributed by atoms with Gasteiger partial charge in [-0.3, -0.25) is 4.79 Å². The highest BCUT2D eigenvalue weighted by atomic mass is 35.5. The molecule has 0 saturated heterocycles. The molecule has 4 rings (SSSR count). The summed E-state index contributed by atoms with van der Waals surface area (Å²) in [5, 5.41) is 3.83. The van der Waals surface area contributed by atoms with Crippen LogP contribution in [0.5, 0.6) is 11.5 Å². The number of carbonyl (C=O) groups excluding carboxylic acids is 1. The van der Waals surface area contributed by atoms with E-state index in [1.807, 2.05) is 24.3 Å². The van der Waals surface area contributed by atoms with E-state index < -0.39 is 0 Å². The third-order valence-corrected chi connectivity index (χ3v) is 4.87. The molecule has 1 atom stereocenters. The van der Waals surface area contributed by atoms with Gasteiger partial charge in [0.2, 0.25) is 0 Å². The summed E-state index contributed by atoms with van der Waals surface area (Å²) in [6, 6.07) is 12.7. The molecular formula is C21H18ClN3O3. The Hall–Kier alpha value is -3.12. The summed E-state index contributed by atoms with van der Waals surface area (Å²) in [4.78, 5) is 21.5. The molecule has 28 heavy (non-hydrogen) atoms. The Labute approximate surface area is 167 Å². The van der Waals surface area contributed by atoms with E-state index in [-0.39, 0.29) is 11.7 Å². The molecule has 0 aliphatic carbocycles. The van der Waals surface area contributed by atoms with Crippen LogP contribution >= 0.6 is 11.6 Å². The molecule has 0 bridgehead atoms. The van der Waals surface area contributed by atoms with E-state index in [0.29, 0.717) is 35.4 Å². The highest BCUT2D eigenvalue weighted by molar-refractivity contribution is 6.30. The third kappa shape index (κ3) is 3.64. The Balaban J connectivity index is 1.52. The molecule has 1 N–H and O–H groups in total. The van der Waals surface area contributed by atoms with Gasteiger partial charge in [-0.05, 0) is 23.8 Å². The number of nitrogens with zero attached hydrogens (tertiary/aromatic N) is 2. The highest BCUT2D eigenvalue weighted by Gasteiger charge is 2.31. The first-order valence-electron chi connectivity index (χ1n) is 8.80. The molecule has 0 spiro atoms. The van der Waals surface area contributed by atoms with Gasteiger partial charge in [0.25, 0.3) is 0 Å². The Bertz CT molecular complexity index is 1010. The van der Waals surface area contributed by atoms with E-state index in [4.69, 9.17) is 21.1 Å². The minimum absolute atomic E-state index is 0.0817. The predicted molar refractivity (Wildman–Crippen MR) is 106 cm³/mol. The first kappa shape index (κ1) is 18.3. The van der Waals surface area contributed by atoms with Gasteiger partial charge in [0.05, 0.1) is 19.2 Å². The maximum Gasteiger partial charge on any atom is 0.190 e. The summed E-state index contributed by atoms with van der Waals surface area (Å²) in [6.45, 7) is 0.845. The van der Waals surface area contributed by atoms with Crippen molar-refractivity contribution in [1.82, 2.24) is 9.97 Å². The van der Waals surface area contributed by atoms with Crippen LogP contribution in [0, 0.1) is 0 Å². The molecule has 3 heterocycles. The lowest BCUT2D eigenvalue weighted by molar-refractivity contribution is 0.0961. The van der Waals surface area contributed by atoms with Gasteiger partial charge in [-0.15, -0.1) is 0 Å². The van der Waals surface area contributed by atoms with Gasteiger partial charge in [-0.25, -0.2) is 9.97 Å². The molecule has 0 radical (unpaired) electrons. The van der Waals surface area contributed by atoms with E-state index in [1.165, 1.54) is 13.3 Å². The maximum absolute atomic E-state index is 13.0. The van der Waals surface area contributed by atoms with Crippen LogP contribution in [0.2, 0.25) is 5.02 Å². The van der Waals surface area contributed by atoms with Crippen molar-refractivity contribution in [3.05, 3.63) is 76.7 Å². The van der Waals surface area contributed by atoms with Crippen molar-refractivity contribution in [3.63, 3.8) is 0 Å². The Morgan fingerprint density at radius 1 is 1.21 bits per heavy atom. The number of hydrogen-bond donors (Lipinski definition) is 1. The highest BCUT2D eigenvalue weighted by Crippen LogP contribution is 2.34. The molecule has 0 amide bonds. The van der Waals surface area contributed by atoms with Gasteiger partial charge in [-0.1, -0.05) is 29.8 Å². The molecule has 7 heteroatoms. The minimum atomic E-state index is -0.318. The number of nitrogens with one attached hydrogen (secondary N) is 1. The number of ketones is 1. The van der Waals surface area contributed by atoms with Gasteiger partial charge in [0.1, 0.15) is 18.1 Å². The first-order valence-corrected chi connectivity index (χ1v) is 9.18. The third-order valence-electron chi connectivity index (χ3n) is 4.62. The number of halogens is 1. The molecule has 2 aromatic heterocycles. The number of hydrogen-bond acceptors (Lipinski definition) is 6. The Morgan fingerprint density at radius 2 is 2.04 bits per heavy atom. The number of Topliss-reactive ketones (excluding diaryl/α,β-unsaturated/α-hetero) is 1. The summed E-state index contributed by atoms with van der Waals surface area (Å²) in [7, 11) is 1.54. The molecule has 1 aliphatic heterocycles. The largest absolute Gasteiger partial charge is 0.493 e. The van der Waals surface area contributed by atoms with Crippen molar-refractivity contribution in [3.8, 4) is 11.5 Å². The van der Waals surface area contributed by atoms with Crippen LogP contribution in [0.15, 0.2) is 54.9 Å². The molecule has 6 nitrogen and oxygen atoms in total. The van der Waals surface area contributed by atoms with Crippen LogP contribution in [0.4, 0.5) is 5.82 Å². The van der Waals surface area contributed by atoms with E-state index in [9.17, 15) is 4.79 Å². The Morgan fingerprint density at radius 3 is 2.82 bits per heavy atom. The quantitative estimate of drug-likeness (QED) is 0.633. The first-order chi connectivity index (χ1) is 13.7. The second-order valence-electron chi connectivity index (χ2n) is 6.37. The summed E-state index contributed by atoms with van der Waals surface area (Å²) in [5.74, 6) is 1.28. The van der Waals surface area contributed by atoms with Crippen LogP contribution in [-0.2, 0) is 6.61 Å². The normalized spacial score (nSPS) is 14.9. The van der Waals surface area contributed by atoms with Crippen molar-refractivity contribution in [1.29, 1.82) is 0 Å². The summed E-state index contributed by atoms with van der Waals surface area (Å²) in [6.07, 6.45) is 3.22. The number of pyridine rings is 2. The zero-order chi connectivity index (χ0) is 19.5. The van der Waals surface area contributed by atoms with Crippen LogP contribution in [0.1, 0.15) is 27.5 Å². The molecule has 1 unspecified atom stereocenters. The Kier molecular flexibility index (Phi) is 5.12. The van der Waals surface area contributed by atoms with Gasteiger partial charge in [0, 0.05) is 29.4 Å². The molecule has 1 aromatic carbocycles. The molecular weight excluding hydrogens is 378 g/mol. The van der Waals surface area contributed by atoms with Gasteiger partial charge in [-0.2, -0.15) is 0 Å². The van der Waals surface area contributed by atoms with Crippen molar-refractivity contribution < 1.29 is 14.3 Å². The van der Waals surface area contributed by atoms with Crippen molar-refractivity contribution in [2.75, 3.05) is 19.0 Å². The molecule has 142 valence electrons. The van der Waals surface area contributed by atoms with Gasteiger partial charge < -0.3 is 14.8 Å². The molecule has 1 aliphatic rings. The fraction of sp³-hybridized carbons (Fsp3) is 0.190. The maximum atomic E-state index is 13.0. The molecule has 3 aromatic rings. The lowest BCUT2D eigenvalue weighted by atomic mass is 9.96. The lowest BCUT2D eigenvalue weighted by Gasteiger charge is -2.13. The number of anilines is 1. The van der Waals surface area contributed by atoms with Crippen molar-refractivity contribution in [2.45, 2.75) is 12.5 Å². The average Bonchev–Trinajstić information content (AvgIpc) is 3.17. The monoisotopic (exact) mass is 395 g/mol. The predicted octanol–water partition coefficient (Wildman–Crippen LogP) is 4.11. The van der Waals surface area contributed by atoms with Crippen LogP contribution in [0.25, 0.3) is 0 Å². The van der Waals surface area contributed by atoms with Crippen LogP contribution in [-0.4, -0.2) is 29.4 Å². The number of methoxy groups -OCH3 is 1. The second-order valence-corrected chi connectivity index (χ2v) is 6.81.